The van der Waals surface area contributed by atoms with Crippen molar-refractivity contribution in [2.45, 2.75) is 84.1 Å². The third-order valence-electron chi connectivity index (χ3n) is 3.76. The molecular formula is C16H31N. The van der Waals surface area contributed by atoms with Gasteiger partial charge in [0.2, 0.25) is 0 Å². The van der Waals surface area contributed by atoms with Crippen LogP contribution >= 0.6 is 0 Å². The van der Waals surface area contributed by atoms with E-state index in [9.17, 15) is 0 Å². The highest BCUT2D eigenvalue weighted by atomic mass is 14.9. The molecule has 1 heteroatoms. The molecule has 1 aliphatic rings. The number of rotatable bonds is 10. The van der Waals surface area contributed by atoms with E-state index < -0.39 is 0 Å². The van der Waals surface area contributed by atoms with Gasteiger partial charge in [0.05, 0.1) is 0 Å². The van der Waals surface area contributed by atoms with Crippen LogP contribution in [0.3, 0.4) is 0 Å². The lowest BCUT2D eigenvalue weighted by Crippen LogP contribution is -2.31. The zero-order chi connectivity index (χ0) is 12.3. The van der Waals surface area contributed by atoms with Crippen molar-refractivity contribution in [1.82, 2.24) is 5.32 Å². The van der Waals surface area contributed by atoms with Gasteiger partial charge < -0.3 is 5.32 Å². The first kappa shape index (κ1) is 14.8. The van der Waals surface area contributed by atoms with E-state index in [4.69, 9.17) is 0 Å². The van der Waals surface area contributed by atoms with E-state index in [1.54, 1.807) is 5.57 Å². The number of allylic oxidation sites excluding steroid dienone is 1. The number of unbranched alkanes of at least 4 members (excludes halogenated alkanes) is 4. The minimum Gasteiger partial charge on any atom is -0.310 e. The summed E-state index contributed by atoms with van der Waals surface area (Å²) in [6.45, 7) is 5.72. The second-order valence-corrected chi connectivity index (χ2v) is 5.38. The Morgan fingerprint density at radius 3 is 2.59 bits per heavy atom. The summed E-state index contributed by atoms with van der Waals surface area (Å²) in [5.41, 5.74) is 1.70. The zero-order valence-electron chi connectivity index (χ0n) is 11.9. The minimum atomic E-state index is 0.694. The highest BCUT2D eigenvalue weighted by Gasteiger charge is 2.15. The molecule has 1 atom stereocenters. The molecule has 0 saturated carbocycles. The Morgan fingerprint density at radius 1 is 1.12 bits per heavy atom. The van der Waals surface area contributed by atoms with Crippen molar-refractivity contribution in [3.8, 4) is 0 Å². The summed E-state index contributed by atoms with van der Waals surface area (Å²) in [5.74, 6) is 0. The fraction of sp³-hybridized carbons (Fsp3) is 0.875. The first-order chi connectivity index (χ1) is 8.38. The Kier molecular flexibility index (Phi) is 8.42. The van der Waals surface area contributed by atoms with Gasteiger partial charge in [-0.3, -0.25) is 0 Å². The molecular weight excluding hydrogens is 206 g/mol. The second kappa shape index (κ2) is 9.70. The molecule has 1 rings (SSSR count). The van der Waals surface area contributed by atoms with Crippen LogP contribution in [0.1, 0.15) is 78.1 Å². The van der Waals surface area contributed by atoms with Crippen LogP contribution in [0, 0.1) is 0 Å². The lowest BCUT2D eigenvalue weighted by atomic mass is 9.99. The summed E-state index contributed by atoms with van der Waals surface area (Å²) < 4.78 is 0. The van der Waals surface area contributed by atoms with Crippen LogP contribution in [0.15, 0.2) is 11.6 Å². The van der Waals surface area contributed by atoms with Gasteiger partial charge in [-0.1, -0.05) is 57.6 Å². The lowest BCUT2D eigenvalue weighted by molar-refractivity contribution is 0.489. The highest BCUT2D eigenvalue weighted by molar-refractivity contribution is 5.15. The van der Waals surface area contributed by atoms with Gasteiger partial charge in [0, 0.05) is 6.04 Å². The van der Waals surface area contributed by atoms with E-state index in [0.29, 0.717) is 6.04 Å². The van der Waals surface area contributed by atoms with Crippen molar-refractivity contribution < 1.29 is 0 Å². The third-order valence-corrected chi connectivity index (χ3v) is 3.76. The summed E-state index contributed by atoms with van der Waals surface area (Å²) in [5, 5.41) is 3.73. The van der Waals surface area contributed by atoms with Gasteiger partial charge >= 0.3 is 0 Å². The van der Waals surface area contributed by atoms with Crippen molar-refractivity contribution in [2.24, 2.45) is 0 Å². The molecule has 0 aliphatic heterocycles. The molecule has 0 aromatic heterocycles. The van der Waals surface area contributed by atoms with Gasteiger partial charge in [-0.25, -0.2) is 0 Å². The van der Waals surface area contributed by atoms with Crippen LogP contribution in [-0.2, 0) is 0 Å². The molecule has 0 bridgehead atoms. The summed E-state index contributed by atoms with van der Waals surface area (Å²) in [6.07, 6.45) is 16.1. The number of hydrogen-bond donors (Lipinski definition) is 1. The average Bonchev–Trinajstić information content (AvgIpc) is 2.86. The number of nitrogens with one attached hydrogen (secondary N) is 1. The Bertz CT molecular complexity index is 208. The van der Waals surface area contributed by atoms with E-state index in [0.717, 1.165) is 0 Å². The predicted octanol–water partition coefficient (Wildman–Crippen LogP) is 4.83. The third kappa shape index (κ3) is 6.26. The smallest absolute Gasteiger partial charge is 0.0279 e. The summed E-state index contributed by atoms with van der Waals surface area (Å²) in [7, 11) is 0. The maximum atomic E-state index is 3.73. The molecule has 0 aromatic carbocycles. The SMILES string of the molecule is CCCCCCCC(NCCC)C1=CCCC1. The zero-order valence-corrected chi connectivity index (χ0v) is 11.9. The fourth-order valence-electron chi connectivity index (χ4n) is 2.70. The van der Waals surface area contributed by atoms with Crippen molar-refractivity contribution in [2.75, 3.05) is 6.54 Å². The summed E-state index contributed by atoms with van der Waals surface area (Å²) >= 11 is 0. The van der Waals surface area contributed by atoms with E-state index >= 15 is 0 Å². The van der Waals surface area contributed by atoms with Crippen molar-refractivity contribution in [1.29, 1.82) is 0 Å². The Morgan fingerprint density at radius 2 is 1.94 bits per heavy atom. The molecule has 0 saturated heterocycles. The second-order valence-electron chi connectivity index (χ2n) is 5.38. The first-order valence-corrected chi connectivity index (χ1v) is 7.80. The molecule has 0 heterocycles. The van der Waals surface area contributed by atoms with Gasteiger partial charge in [-0.15, -0.1) is 0 Å². The summed E-state index contributed by atoms with van der Waals surface area (Å²) in [4.78, 5) is 0. The van der Waals surface area contributed by atoms with E-state index in [1.165, 1.54) is 70.8 Å². The van der Waals surface area contributed by atoms with Gasteiger partial charge in [-0.05, 0) is 38.6 Å². The van der Waals surface area contributed by atoms with Crippen molar-refractivity contribution in [3.63, 3.8) is 0 Å². The van der Waals surface area contributed by atoms with Crippen LogP contribution in [0.4, 0.5) is 0 Å². The molecule has 0 spiro atoms. The highest BCUT2D eigenvalue weighted by Crippen LogP contribution is 2.24. The maximum Gasteiger partial charge on any atom is 0.0279 e. The quantitative estimate of drug-likeness (QED) is 0.424. The van der Waals surface area contributed by atoms with Crippen LogP contribution in [0.25, 0.3) is 0 Å². The van der Waals surface area contributed by atoms with Gasteiger partial charge in [0.15, 0.2) is 0 Å². The minimum absolute atomic E-state index is 0.694. The predicted molar refractivity (Wildman–Crippen MR) is 77.4 cm³/mol. The molecule has 1 nitrogen and oxygen atoms in total. The van der Waals surface area contributed by atoms with Crippen molar-refractivity contribution in [3.05, 3.63) is 11.6 Å². The molecule has 1 unspecified atom stereocenters. The molecule has 100 valence electrons. The molecule has 1 N–H and O–H groups in total. The molecule has 0 fully saturated rings. The van der Waals surface area contributed by atoms with E-state index in [-0.39, 0.29) is 0 Å². The Balaban J connectivity index is 2.20. The molecule has 17 heavy (non-hydrogen) atoms. The lowest BCUT2D eigenvalue weighted by Gasteiger charge is -2.20. The Labute approximate surface area is 108 Å². The van der Waals surface area contributed by atoms with Gasteiger partial charge in [-0.2, -0.15) is 0 Å². The molecule has 0 amide bonds. The summed E-state index contributed by atoms with van der Waals surface area (Å²) in [6, 6.07) is 0.694. The Hall–Kier alpha value is -0.300. The van der Waals surface area contributed by atoms with Crippen LogP contribution in [0.2, 0.25) is 0 Å². The van der Waals surface area contributed by atoms with Crippen LogP contribution in [-0.4, -0.2) is 12.6 Å². The topological polar surface area (TPSA) is 12.0 Å². The van der Waals surface area contributed by atoms with Crippen LogP contribution in [0.5, 0.6) is 0 Å². The largest absolute Gasteiger partial charge is 0.310 e. The van der Waals surface area contributed by atoms with Crippen molar-refractivity contribution >= 4 is 0 Å². The normalized spacial score (nSPS) is 17.2. The fourth-order valence-corrected chi connectivity index (χ4v) is 2.70. The van der Waals surface area contributed by atoms with Crippen LogP contribution < -0.4 is 5.32 Å². The van der Waals surface area contributed by atoms with E-state index in [1.807, 2.05) is 0 Å². The number of hydrogen-bond acceptors (Lipinski definition) is 1. The van der Waals surface area contributed by atoms with Gasteiger partial charge in [0.1, 0.15) is 0 Å². The van der Waals surface area contributed by atoms with Gasteiger partial charge in [0.25, 0.3) is 0 Å². The maximum absolute atomic E-state index is 3.73. The average molecular weight is 237 g/mol. The molecule has 0 radical (unpaired) electrons. The monoisotopic (exact) mass is 237 g/mol. The first-order valence-electron chi connectivity index (χ1n) is 7.80. The molecule has 0 aromatic rings. The van der Waals surface area contributed by atoms with E-state index in [2.05, 4.69) is 25.2 Å². The molecule has 1 aliphatic carbocycles. The standard InChI is InChI=1S/C16H31N/c1-3-5-6-7-8-13-16(17-14-4-2)15-11-9-10-12-15/h11,16-17H,3-10,12-14H2,1-2H3.